The van der Waals surface area contributed by atoms with Crippen LogP contribution in [0.15, 0.2) is 29.2 Å². The van der Waals surface area contributed by atoms with Crippen molar-refractivity contribution in [1.29, 1.82) is 0 Å². The van der Waals surface area contributed by atoms with Gasteiger partial charge in [-0.15, -0.1) is 11.8 Å². The van der Waals surface area contributed by atoms with Crippen LogP contribution >= 0.6 is 23.5 Å². The van der Waals surface area contributed by atoms with Gasteiger partial charge in [0.25, 0.3) is 0 Å². The molecule has 0 spiro atoms. The monoisotopic (exact) mass is 241 g/mol. The number of hydrogen-bond acceptors (Lipinski definition) is 3. The van der Waals surface area contributed by atoms with E-state index in [0.717, 1.165) is 11.5 Å². The lowest BCUT2D eigenvalue weighted by molar-refractivity contribution is 0.591. The van der Waals surface area contributed by atoms with Gasteiger partial charge in [0, 0.05) is 21.9 Å². The first-order chi connectivity index (χ1) is 7.01. The highest BCUT2D eigenvalue weighted by atomic mass is 32.2. The van der Waals surface area contributed by atoms with Crippen molar-refractivity contribution in [2.24, 2.45) is 5.73 Å². The molecule has 1 aromatic carbocycles. The minimum Gasteiger partial charge on any atom is -0.325 e. The van der Waals surface area contributed by atoms with Crippen molar-refractivity contribution in [3.63, 3.8) is 0 Å². The second-order valence-corrected chi connectivity index (χ2v) is 6.19. The maximum atomic E-state index is 5.92. The van der Waals surface area contributed by atoms with Gasteiger partial charge in [-0.05, 0) is 37.8 Å². The van der Waals surface area contributed by atoms with Crippen molar-refractivity contribution in [2.75, 3.05) is 12.0 Å². The van der Waals surface area contributed by atoms with Crippen LogP contribution in [0.1, 0.15) is 19.4 Å². The molecule has 15 heavy (non-hydrogen) atoms. The van der Waals surface area contributed by atoms with Gasteiger partial charge in [0.1, 0.15) is 0 Å². The van der Waals surface area contributed by atoms with Crippen molar-refractivity contribution in [1.82, 2.24) is 0 Å². The third kappa shape index (κ3) is 5.50. The fourth-order valence-electron chi connectivity index (χ4n) is 1.15. The number of benzene rings is 1. The SMILES string of the molecule is CSc1ccc(CSCC(C)(C)N)cc1. The molecule has 0 heterocycles. The van der Waals surface area contributed by atoms with Crippen molar-refractivity contribution < 1.29 is 0 Å². The summed E-state index contributed by atoms with van der Waals surface area (Å²) in [6.45, 7) is 4.13. The lowest BCUT2D eigenvalue weighted by Gasteiger charge is -2.17. The van der Waals surface area contributed by atoms with E-state index in [0.29, 0.717) is 0 Å². The summed E-state index contributed by atoms with van der Waals surface area (Å²) in [5, 5.41) is 0. The summed E-state index contributed by atoms with van der Waals surface area (Å²) >= 11 is 3.67. The van der Waals surface area contributed by atoms with E-state index in [-0.39, 0.29) is 5.54 Å². The molecule has 0 saturated carbocycles. The zero-order chi connectivity index (χ0) is 11.3. The third-order valence-electron chi connectivity index (χ3n) is 1.90. The van der Waals surface area contributed by atoms with Crippen LogP contribution in [0.5, 0.6) is 0 Å². The van der Waals surface area contributed by atoms with Gasteiger partial charge in [-0.25, -0.2) is 0 Å². The fourth-order valence-corrected chi connectivity index (χ4v) is 2.62. The Bertz CT molecular complexity index is 287. The van der Waals surface area contributed by atoms with Gasteiger partial charge < -0.3 is 5.73 Å². The first kappa shape index (κ1) is 12.9. The molecule has 0 fully saturated rings. The van der Waals surface area contributed by atoms with Gasteiger partial charge in [0.15, 0.2) is 0 Å². The van der Waals surface area contributed by atoms with Crippen molar-refractivity contribution >= 4 is 23.5 Å². The topological polar surface area (TPSA) is 26.0 Å². The average molecular weight is 241 g/mol. The van der Waals surface area contributed by atoms with E-state index in [4.69, 9.17) is 5.73 Å². The molecule has 0 amide bonds. The molecule has 3 heteroatoms. The number of hydrogen-bond donors (Lipinski definition) is 1. The van der Waals surface area contributed by atoms with Crippen molar-refractivity contribution in [2.45, 2.75) is 30.0 Å². The van der Waals surface area contributed by atoms with Crippen LogP contribution in [0, 0.1) is 0 Å². The first-order valence-electron chi connectivity index (χ1n) is 5.01. The molecule has 0 radical (unpaired) electrons. The fraction of sp³-hybridized carbons (Fsp3) is 0.500. The molecular weight excluding hydrogens is 222 g/mol. The summed E-state index contributed by atoms with van der Waals surface area (Å²) in [4.78, 5) is 1.32. The molecule has 1 aromatic rings. The molecule has 0 unspecified atom stereocenters. The Morgan fingerprint density at radius 3 is 2.27 bits per heavy atom. The van der Waals surface area contributed by atoms with E-state index in [1.807, 2.05) is 11.8 Å². The predicted molar refractivity (Wildman–Crippen MR) is 72.7 cm³/mol. The lowest BCUT2D eigenvalue weighted by Crippen LogP contribution is -2.34. The highest BCUT2D eigenvalue weighted by Crippen LogP contribution is 2.19. The molecule has 0 aliphatic heterocycles. The Morgan fingerprint density at radius 2 is 1.80 bits per heavy atom. The van der Waals surface area contributed by atoms with Crippen LogP contribution in [0.4, 0.5) is 0 Å². The molecule has 0 saturated heterocycles. The molecule has 0 aromatic heterocycles. The van der Waals surface area contributed by atoms with Gasteiger partial charge in [0.05, 0.1) is 0 Å². The minimum absolute atomic E-state index is 0.0656. The zero-order valence-electron chi connectivity index (χ0n) is 9.62. The van der Waals surface area contributed by atoms with Crippen LogP contribution in [-0.2, 0) is 5.75 Å². The Labute approximate surface area is 101 Å². The maximum Gasteiger partial charge on any atom is 0.0188 e. The van der Waals surface area contributed by atoms with Crippen molar-refractivity contribution in [3.05, 3.63) is 29.8 Å². The molecule has 0 aliphatic rings. The van der Waals surface area contributed by atoms with Gasteiger partial charge >= 0.3 is 0 Å². The van der Waals surface area contributed by atoms with E-state index in [1.54, 1.807) is 11.8 Å². The Morgan fingerprint density at radius 1 is 1.20 bits per heavy atom. The summed E-state index contributed by atoms with van der Waals surface area (Å²) in [7, 11) is 0. The van der Waals surface area contributed by atoms with Crippen molar-refractivity contribution in [3.8, 4) is 0 Å². The predicted octanol–water partition coefficient (Wildman–Crippen LogP) is 3.38. The normalized spacial score (nSPS) is 11.7. The van der Waals surface area contributed by atoms with Gasteiger partial charge in [-0.1, -0.05) is 12.1 Å². The standard InChI is InChI=1S/C12H19NS2/c1-12(2,13)9-15-8-10-4-6-11(14-3)7-5-10/h4-7H,8-9,13H2,1-3H3. The van der Waals surface area contributed by atoms with Crippen LogP contribution in [0.3, 0.4) is 0 Å². The molecule has 2 N–H and O–H groups in total. The van der Waals surface area contributed by atoms with Gasteiger partial charge in [-0.3, -0.25) is 0 Å². The molecule has 84 valence electrons. The van der Waals surface area contributed by atoms with E-state index in [2.05, 4.69) is 44.4 Å². The largest absolute Gasteiger partial charge is 0.325 e. The molecule has 0 aliphatic carbocycles. The highest BCUT2D eigenvalue weighted by Gasteiger charge is 2.09. The van der Waals surface area contributed by atoms with Crippen LogP contribution < -0.4 is 5.73 Å². The highest BCUT2D eigenvalue weighted by molar-refractivity contribution is 7.98. The van der Waals surface area contributed by atoms with Crippen LogP contribution in [0.2, 0.25) is 0 Å². The Kier molecular flexibility index (Phi) is 5.03. The first-order valence-corrected chi connectivity index (χ1v) is 7.39. The Hall–Kier alpha value is -0.120. The van der Waals surface area contributed by atoms with E-state index < -0.39 is 0 Å². The summed E-state index contributed by atoms with van der Waals surface area (Å²) in [6.07, 6.45) is 2.10. The number of thioether (sulfide) groups is 2. The van der Waals surface area contributed by atoms with E-state index in [9.17, 15) is 0 Å². The zero-order valence-corrected chi connectivity index (χ0v) is 11.3. The smallest absolute Gasteiger partial charge is 0.0188 e. The lowest BCUT2D eigenvalue weighted by atomic mass is 10.1. The van der Waals surface area contributed by atoms with Crippen LogP contribution in [0.25, 0.3) is 0 Å². The molecular formula is C12H19NS2. The molecule has 0 bridgehead atoms. The van der Waals surface area contributed by atoms with Gasteiger partial charge in [0.2, 0.25) is 0 Å². The van der Waals surface area contributed by atoms with Gasteiger partial charge in [-0.2, -0.15) is 11.8 Å². The number of nitrogens with two attached hydrogens (primary N) is 1. The summed E-state index contributed by atoms with van der Waals surface area (Å²) in [6, 6.07) is 8.74. The quantitative estimate of drug-likeness (QED) is 0.800. The Balaban J connectivity index is 2.38. The second-order valence-electron chi connectivity index (χ2n) is 4.33. The molecule has 1 rings (SSSR count). The molecule has 1 nitrogen and oxygen atoms in total. The summed E-state index contributed by atoms with van der Waals surface area (Å²) < 4.78 is 0. The number of rotatable bonds is 5. The third-order valence-corrected chi connectivity index (χ3v) is 4.13. The summed E-state index contributed by atoms with van der Waals surface area (Å²) in [5.74, 6) is 2.05. The average Bonchev–Trinajstić information content (AvgIpc) is 2.17. The summed E-state index contributed by atoms with van der Waals surface area (Å²) in [5.41, 5.74) is 7.23. The van der Waals surface area contributed by atoms with E-state index in [1.165, 1.54) is 10.5 Å². The minimum atomic E-state index is -0.0656. The van der Waals surface area contributed by atoms with Crippen LogP contribution in [-0.4, -0.2) is 17.5 Å². The van der Waals surface area contributed by atoms with E-state index >= 15 is 0 Å². The molecule has 0 atom stereocenters. The maximum absolute atomic E-state index is 5.92. The second kappa shape index (κ2) is 5.83.